The smallest absolute Gasteiger partial charge is 0.270 e. The van der Waals surface area contributed by atoms with Gasteiger partial charge in [0.2, 0.25) is 6.79 Å². The molecule has 0 spiro atoms. The lowest BCUT2D eigenvalue weighted by atomic mass is 10.1. The Labute approximate surface area is 139 Å². The molecule has 24 heavy (non-hydrogen) atoms. The summed E-state index contributed by atoms with van der Waals surface area (Å²) in [6.07, 6.45) is 0. The van der Waals surface area contributed by atoms with Crippen LogP contribution < -0.4 is 14.2 Å². The average Bonchev–Trinajstić information content (AvgIpc) is 3.02. The first-order chi connectivity index (χ1) is 11.6. The lowest BCUT2D eigenvalue weighted by Gasteiger charge is -2.18. The Morgan fingerprint density at radius 1 is 1.17 bits per heavy atom. The van der Waals surface area contributed by atoms with Crippen LogP contribution in [0, 0.1) is 10.1 Å². The molecule has 7 heteroatoms. The summed E-state index contributed by atoms with van der Waals surface area (Å²) < 4.78 is 16.0. The number of non-ortho nitro benzene ring substituents is 1. The predicted octanol–water partition coefficient (Wildman–Crippen LogP) is 2.96. The van der Waals surface area contributed by atoms with Crippen molar-refractivity contribution in [2.24, 2.45) is 0 Å². The molecule has 7 nitrogen and oxygen atoms in total. The quantitative estimate of drug-likeness (QED) is 0.599. The van der Waals surface area contributed by atoms with Gasteiger partial charge in [0.05, 0.1) is 12.0 Å². The van der Waals surface area contributed by atoms with Crippen LogP contribution in [0.15, 0.2) is 36.4 Å². The van der Waals surface area contributed by atoms with Crippen LogP contribution in [0.1, 0.15) is 11.1 Å². The van der Waals surface area contributed by atoms with Gasteiger partial charge in [0.25, 0.3) is 5.69 Å². The highest BCUT2D eigenvalue weighted by Crippen LogP contribution is 2.33. The van der Waals surface area contributed by atoms with E-state index in [0.29, 0.717) is 18.8 Å². The maximum absolute atomic E-state index is 11.0. The standard InChI is InChI=1S/C17H18N2O5/c1-18(9-12-3-5-16-17(7-12)24-11-23-16)10-13-8-14(19(20)21)4-6-15(13)22-2/h3-8H,9-11H2,1-2H3. The van der Waals surface area contributed by atoms with E-state index in [4.69, 9.17) is 14.2 Å². The second kappa shape index (κ2) is 6.76. The van der Waals surface area contributed by atoms with Gasteiger partial charge < -0.3 is 14.2 Å². The van der Waals surface area contributed by atoms with E-state index in [1.165, 1.54) is 6.07 Å². The highest BCUT2D eigenvalue weighted by molar-refractivity contribution is 5.45. The van der Waals surface area contributed by atoms with Crippen LogP contribution in [0.25, 0.3) is 0 Å². The van der Waals surface area contributed by atoms with Crippen molar-refractivity contribution in [1.29, 1.82) is 0 Å². The summed E-state index contributed by atoms with van der Waals surface area (Å²) in [5, 5.41) is 11.0. The largest absolute Gasteiger partial charge is 0.496 e. The monoisotopic (exact) mass is 330 g/mol. The van der Waals surface area contributed by atoms with Gasteiger partial charge in [0, 0.05) is 30.8 Å². The highest BCUT2D eigenvalue weighted by atomic mass is 16.7. The average molecular weight is 330 g/mol. The number of hydrogen-bond acceptors (Lipinski definition) is 6. The summed E-state index contributed by atoms with van der Waals surface area (Å²) in [5.41, 5.74) is 1.91. The molecule has 0 fully saturated rings. The topological polar surface area (TPSA) is 74.1 Å². The molecule has 3 rings (SSSR count). The van der Waals surface area contributed by atoms with Gasteiger partial charge in [-0.25, -0.2) is 0 Å². The van der Waals surface area contributed by atoms with Crippen molar-refractivity contribution in [3.05, 3.63) is 57.6 Å². The van der Waals surface area contributed by atoms with E-state index >= 15 is 0 Å². The number of fused-ring (bicyclic) bond motifs is 1. The van der Waals surface area contributed by atoms with Gasteiger partial charge >= 0.3 is 0 Å². The summed E-state index contributed by atoms with van der Waals surface area (Å²) in [6, 6.07) is 10.4. The maximum atomic E-state index is 11.0. The first kappa shape index (κ1) is 16.1. The molecule has 0 radical (unpaired) electrons. The third-order valence-electron chi connectivity index (χ3n) is 3.80. The number of methoxy groups -OCH3 is 1. The molecule has 0 amide bonds. The first-order valence-electron chi connectivity index (χ1n) is 7.45. The van der Waals surface area contributed by atoms with E-state index in [2.05, 4.69) is 4.90 Å². The van der Waals surface area contributed by atoms with Crippen LogP contribution in [-0.4, -0.2) is 30.8 Å². The minimum Gasteiger partial charge on any atom is -0.496 e. The number of nitro benzene ring substituents is 1. The van der Waals surface area contributed by atoms with E-state index in [1.54, 1.807) is 19.2 Å². The number of nitrogens with zero attached hydrogens (tertiary/aromatic N) is 2. The first-order valence-corrected chi connectivity index (χ1v) is 7.45. The molecule has 0 unspecified atom stereocenters. The zero-order valence-corrected chi connectivity index (χ0v) is 13.5. The SMILES string of the molecule is COc1ccc([N+](=O)[O-])cc1CN(C)Cc1ccc2c(c1)OCO2. The molecule has 0 atom stereocenters. The number of hydrogen-bond donors (Lipinski definition) is 0. The van der Waals surface area contributed by atoms with E-state index in [-0.39, 0.29) is 12.5 Å². The number of benzene rings is 2. The van der Waals surface area contributed by atoms with Gasteiger partial charge in [0.15, 0.2) is 11.5 Å². The van der Waals surface area contributed by atoms with Gasteiger partial charge in [-0.05, 0) is 30.8 Å². The van der Waals surface area contributed by atoms with Crippen LogP contribution in [0.4, 0.5) is 5.69 Å². The number of nitro groups is 1. The molecule has 0 saturated heterocycles. The van der Waals surface area contributed by atoms with Crippen LogP contribution in [0.5, 0.6) is 17.2 Å². The zero-order chi connectivity index (χ0) is 17.1. The molecular formula is C17H18N2O5. The van der Waals surface area contributed by atoms with Crippen LogP contribution in [-0.2, 0) is 13.1 Å². The molecule has 1 aliphatic heterocycles. The van der Waals surface area contributed by atoms with Crippen molar-refractivity contribution in [3.8, 4) is 17.2 Å². The fraction of sp³-hybridized carbons (Fsp3) is 0.294. The zero-order valence-electron chi connectivity index (χ0n) is 13.5. The van der Waals surface area contributed by atoms with Gasteiger partial charge in [-0.2, -0.15) is 0 Å². The fourth-order valence-electron chi connectivity index (χ4n) is 2.70. The number of rotatable bonds is 6. The summed E-state index contributed by atoms with van der Waals surface area (Å²) in [7, 11) is 3.51. The van der Waals surface area contributed by atoms with Crippen molar-refractivity contribution in [1.82, 2.24) is 4.90 Å². The van der Waals surface area contributed by atoms with E-state index in [0.717, 1.165) is 22.6 Å². The van der Waals surface area contributed by atoms with Crippen LogP contribution in [0.2, 0.25) is 0 Å². The molecule has 0 aliphatic carbocycles. The molecule has 0 saturated carbocycles. The van der Waals surface area contributed by atoms with E-state index in [1.807, 2.05) is 25.2 Å². The Morgan fingerprint density at radius 2 is 1.96 bits per heavy atom. The summed E-state index contributed by atoms with van der Waals surface area (Å²) >= 11 is 0. The van der Waals surface area contributed by atoms with Crippen LogP contribution >= 0.6 is 0 Å². The Balaban J connectivity index is 1.73. The molecule has 126 valence electrons. The van der Waals surface area contributed by atoms with Gasteiger partial charge in [0.1, 0.15) is 5.75 Å². The van der Waals surface area contributed by atoms with Crippen LogP contribution in [0.3, 0.4) is 0 Å². The summed E-state index contributed by atoms with van der Waals surface area (Å²) in [4.78, 5) is 12.6. The van der Waals surface area contributed by atoms with Gasteiger partial charge in [-0.15, -0.1) is 0 Å². The second-order valence-electron chi connectivity index (χ2n) is 5.61. The molecule has 0 aromatic heterocycles. The van der Waals surface area contributed by atoms with Crippen molar-refractivity contribution < 1.29 is 19.1 Å². The normalized spacial score (nSPS) is 12.5. The molecule has 2 aromatic rings. The third-order valence-corrected chi connectivity index (χ3v) is 3.80. The Bertz CT molecular complexity index is 763. The Kier molecular flexibility index (Phi) is 4.52. The molecule has 1 aliphatic rings. The Hall–Kier alpha value is -2.80. The van der Waals surface area contributed by atoms with Crippen molar-refractivity contribution >= 4 is 5.69 Å². The molecule has 0 N–H and O–H groups in total. The third kappa shape index (κ3) is 3.41. The summed E-state index contributed by atoms with van der Waals surface area (Å²) in [5.74, 6) is 2.13. The lowest BCUT2D eigenvalue weighted by molar-refractivity contribution is -0.384. The molecule has 0 bridgehead atoms. The second-order valence-corrected chi connectivity index (χ2v) is 5.61. The van der Waals surface area contributed by atoms with Gasteiger partial charge in [-0.1, -0.05) is 6.07 Å². The van der Waals surface area contributed by atoms with Crippen molar-refractivity contribution in [3.63, 3.8) is 0 Å². The predicted molar refractivity (Wildman–Crippen MR) is 87.4 cm³/mol. The van der Waals surface area contributed by atoms with Crippen molar-refractivity contribution in [2.45, 2.75) is 13.1 Å². The van der Waals surface area contributed by atoms with E-state index < -0.39 is 4.92 Å². The summed E-state index contributed by atoms with van der Waals surface area (Å²) in [6.45, 7) is 1.45. The lowest BCUT2D eigenvalue weighted by Crippen LogP contribution is -2.17. The molecule has 1 heterocycles. The maximum Gasteiger partial charge on any atom is 0.270 e. The minimum absolute atomic E-state index is 0.0577. The number of ether oxygens (including phenoxy) is 3. The fourth-order valence-corrected chi connectivity index (χ4v) is 2.70. The highest BCUT2D eigenvalue weighted by Gasteiger charge is 2.16. The minimum atomic E-state index is -0.402. The van der Waals surface area contributed by atoms with Crippen molar-refractivity contribution in [2.75, 3.05) is 21.0 Å². The Morgan fingerprint density at radius 3 is 2.71 bits per heavy atom. The molecule has 2 aromatic carbocycles. The molecular weight excluding hydrogens is 312 g/mol. The van der Waals surface area contributed by atoms with Gasteiger partial charge in [-0.3, -0.25) is 15.0 Å². The van der Waals surface area contributed by atoms with E-state index in [9.17, 15) is 10.1 Å².